The van der Waals surface area contributed by atoms with Crippen molar-refractivity contribution in [2.75, 3.05) is 6.61 Å². The summed E-state index contributed by atoms with van der Waals surface area (Å²) in [5.41, 5.74) is 2.21. The third kappa shape index (κ3) is 4.65. The molecule has 1 aliphatic rings. The van der Waals surface area contributed by atoms with Crippen LogP contribution in [0.3, 0.4) is 0 Å². The van der Waals surface area contributed by atoms with Gasteiger partial charge in [-0.2, -0.15) is 0 Å². The van der Waals surface area contributed by atoms with Gasteiger partial charge in [-0.15, -0.1) is 0 Å². The second kappa shape index (κ2) is 10.5. The standard InChI is InChI=1S/C31H30N2O5S/c1-4-38-30(34)29-28(24-12-6-5-7-13-24)33(39(36,37)25-19-17-21(2)18-20-25)31(35)32(29)22(3)26-16-10-14-23-11-8-9-15-27(23)26/h5-20,22,28-29H,4H2,1-3H3. The van der Waals surface area contributed by atoms with E-state index in [0.717, 1.165) is 26.2 Å². The first-order valence-corrected chi connectivity index (χ1v) is 14.3. The third-order valence-electron chi connectivity index (χ3n) is 7.20. The first-order valence-electron chi connectivity index (χ1n) is 12.9. The van der Waals surface area contributed by atoms with Crippen LogP contribution in [-0.4, -0.2) is 42.3 Å². The third-order valence-corrected chi connectivity index (χ3v) is 8.97. The van der Waals surface area contributed by atoms with Crippen LogP contribution in [-0.2, 0) is 19.6 Å². The molecule has 0 bridgehead atoms. The van der Waals surface area contributed by atoms with E-state index in [1.54, 1.807) is 49.4 Å². The van der Waals surface area contributed by atoms with Gasteiger partial charge in [0, 0.05) is 0 Å². The maximum Gasteiger partial charge on any atom is 0.335 e. The Labute approximate surface area is 228 Å². The van der Waals surface area contributed by atoms with Gasteiger partial charge in [-0.1, -0.05) is 90.5 Å². The van der Waals surface area contributed by atoms with Crippen LogP contribution in [0.25, 0.3) is 10.8 Å². The fraction of sp³-hybridized carbons (Fsp3) is 0.226. The number of ether oxygens (including phenoxy) is 1. The van der Waals surface area contributed by atoms with Gasteiger partial charge in [0.15, 0.2) is 6.04 Å². The molecule has 0 aliphatic carbocycles. The number of nitrogens with zero attached hydrogens (tertiary/aromatic N) is 2. The van der Waals surface area contributed by atoms with E-state index in [4.69, 9.17) is 4.74 Å². The monoisotopic (exact) mass is 542 g/mol. The number of sulfonamides is 1. The highest BCUT2D eigenvalue weighted by Crippen LogP contribution is 2.44. The molecule has 1 heterocycles. The first-order chi connectivity index (χ1) is 18.8. The largest absolute Gasteiger partial charge is 0.464 e. The maximum absolute atomic E-state index is 14.3. The van der Waals surface area contributed by atoms with Crippen LogP contribution in [0.5, 0.6) is 0 Å². The van der Waals surface area contributed by atoms with Gasteiger partial charge >= 0.3 is 12.0 Å². The van der Waals surface area contributed by atoms with Gasteiger partial charge in [0.25, 0.3) is 10.0 Å². The summed E-state index contributed by atoms with van der Waals surface area (Å²) in [6, 6.07) is 24.9. The minimum atomic E-state index is -4.34. The quantitative estimate of drug-likeness (QED) is 0.267. The molecule has 1 fully saturated rings. The maximum atomic E-state index is 14.3. The molecule has 2 amide bonds. The molecule has 0 radical (unpaired) electrons. The Morgan fingerprint density at radius 3 is 2.23 bits per heavy atom. The summed E-state index contributed by atoms with van der Waals surface area (Å²) in [5.74, 6) is -0.659. The second-order valence-corrected chi connectivity index (χ2v) is 11.4. The van der Waals surface area contributed by atoms with Gasteiger partial charge in [-0.3, -0.25) is 0 Å². The number of esters is 1. The van der Waals surface area contributed by atoms with Crippen LogP contribution in [0, 0.1) is 6.92 Å². The minimum Gasteiger partial charge on any atom is -0.464 e. The average molecular weight is 543 g/mol. The molecule has 200 valence electrons. The molecule has 0 saturated carbocycles. The lowest BCUT2D eigenvalue weighted by atomic mass is 9.95. The molecule has 1 saturated heterocycles. The Balaban J connectivity index is 1.72. The van der Waals surface area contributed by atoms with Crippen LogP contribution in [0.1, 0.15) is 42.6 Å². The first kappa shape index (κ1) is 26.4. The van der Waals surface area contributed by atoms with Crippen LogP contribution < -0.4 is 0 Å². The van der Waals surface area contributed by atoms with E-state index in [0.29, 0.717) is 5.56 Å². The lowest BCUT2D eigenvalue weighted by Gasteiger charge is -2.30. The van der Waals surface area contributed by atoms with Gasteiger partial charge in [-0.25, -0.2) is 22.3 Å². The molecule has 0 N–H and O–H groups in total. The highest BCUT2D eigenvalue weighted by Gasteiger charge is 2.57. The van der Waals surface area contributed by atoms with Crippen molar-refractivity contribution >= 4 is 32.8 Å². The Morgan fingerprint density at radius 1 is 0.897 bits per heavy atom. The molecule has 0 aromatic heterocycles. The Kier molecular flexibility index (Phi) is 7.14. The molecule has 7 nitrogen and oxygen atoms in total. The SMILES string of the molecule is CCOC(=O)C1C(c2ccccc2)N(S(=O)(=O)c2ccc(C)cc2)C(=O)N1C(C)c1cccc2ccccc12. The van der Waals surface area contributed by atoms with E-state index in [-0.39, 0.29) is 11.5 Å². The summed E-state index contributed by atoms with van der Waals surface area (Å²) >= 11 is 0. The number of hydrogen-bond acceptors (Lipinski definition) is 5. The zero-order valence-electron chi connectivity index (χ0n) is 22.0. The lowest BCUT2D eigenvalue weighted by Crippen LogP contribution is -2.43. The summed E-state index contributed by atoms with van der Waals surface area (Å²) in [6.07, 6.45) is 0. The Bertz CT molecular complexity index is 1610. The van der Waals surface area contributed by atoms with Crippen LogP contribution in [0.4, 0.5) is 4.79 Å². The number of aryl methyl sites for hydroxylation is 1. The zero-order valence-corrected chi connectivity index (χ0v) is 22.8. The highest BCUT2D eigenvalue weighted by atomic mass is 32.2. The minimum absolute atomic E-state index is 0.0235. The molecule has 3 atom stereocenters. The van der Waals surface area contributed by atoms with Crippen molar-refractivity contribution in [3.63, 3.8) is 0 Å². The van der Waals surface area contributed by atoms with Gasteiger partial charge in [0.05, 0.1) is 17.5 Å². The second-order valence-electron chi connectivity index (χ2n) is 9.60. The number of hydrogen-bond donors (Lipinski definition) is 0. The van der Waals surface area contributed by atoms with Crippen molar-refractivity contribution in [1.29, 1.82) is 0 Å². The number of fused-ring (bicyclic) bond motifs is 1. The van der Waals surface area contributed by atoms with Crippen molar-refractivity contribution in [1.82, 2.24) is 9.21 Å². The molecule has 3 unspecified atom stereocenters. The van der Waals surface area contributed by atoms with E-state index in [9.17, 15) is 18.0 Å². The fourth-order valence-corrected chi connectivity index (χ4v) is 6.86. The molecular formula is C31H30N2O5S. The molecule has 0 spiro atoms. The Morgan fingerprint density at radius 2 is 1.54 bits per heavy atom. The number of rotatable bonds is 7. The predicted octanol–water partition coefficient (Wildman–Crippen LogP) is 6.01. The molecule has 5 rings (SSSR count). The Hall–Kier alpha value is -4.17. The van der Waals surface area contributed by atoms with E-state index >= 15 is 0 Å². The van der Waals surface area contributed by atoms with Crippen molar-refractivity contribution in [3.05, 3.63) is 114 Å². The smallest absolute Gasteiger partial charge is 0.335 e. The summed E-state index contributed by atoms with van der Waals surface area (Å²) in [4.78, 5) is 29.3. The lowest BCUT2D eigenvalue weighted by molar-refractivity contribution is -0.149. The van der Waals surface area contributed by atoms with Gasteiger partial charge in [0.1, 0.15) is 6.04 Å². The number of carbonyl (C=O) groups is 2. The van der Waals surface area contributed by atoms with Crippen molar-refractivity contribution in [3.8, 4) is 0 Å². The normalized spacial score (nSPS) is 18.4. The van der Waals surface area contributed by atoms with E-state index in [1.807, 2.05) is 56.3 Å². The highest BCUT2D eigenvalue weighted by molar-refractivity contribution is 7.89. The van der Waals surface area contributed by atoms with Crippen molar-refractivity contribution < 1.29 is 22.7 Å². The van der Waals surface area contributed by atoms with Crippen molar-refractivity contribution in [2.24, 2.45) is 0 Å². The molecule has 4 aromatic rings. The number of benzene rings is 4. The number of amides is 2. The number of urea groups is 1. The van der Waals surface area contributed by atoms with Gasteiger partial charge < -0.3 is 9.64 Å². The van der Waals surface area contributed by atoms with E-state index in [2.05, 4.69) is 0 Å². The van der Waals surface area contributed by atoms with Gasteiger partial charge in [-0.05, 0) is 54.8 Å². The van der Waals surface area contributed by atoms with E-state index in [1.165, 1.54) is 17.0 Å². The van der Waals surface area contributed by atoms with Crippen molar-refractivity contribution in [2.45, 2.75) is 43.8 Å². The topological polar surface area (TPSA) is 84.0 Å². The molecule has 4 aromatic carbocycles. The molecule has 1 aliphatic heterocycles. The molecule has 39 heavy (non-hydrogen) atoms. The molecular weight excluding hydrogens is 512 g/mol. The number of carbonyl (C=O) groups excluding carboxylic acids is 2. The summed E-state index contributed by atoms with van der Waals surface area (Å²) < 4.78 is 34.5. The van der Waals surface area contributed by atoms with Gasteiger partial charge in [0.2, 0.25) is 0 Å². The summed E-state index contributed by atoms with van der Waals surface area (Å²) in [5, 5.41) is 1.89. The van der Waals surface area contributed by atoms with Crippen LogP contribution in [0.15, 0.2) is 102 Å². The summed E-state index contributed by atoms with van der Waals surface area (Å²) in [6.45, 7) is 5.45. The predicted molar refractivity (Wildman–Crippen MR) is 149 cm³/mol. The summed E-state index contributed by atoms with van der Waals surface area (Å²) in [7, 11) is -4.34. The van der Waals surface area contributed by atoms with E-state index < -0.39 is 40.1 Å². The molecule has 8 heteroatoms. The fourth-order valence-electron chi connectivity index (χ4n) is 5.32. The van der Waals surface area contributed by atoms with Crippen LogP contribution in [0.2, 0.25) is 0 Å². The average Bonchev–Trinajstić information content (AvgIpc) is 3.27. The van der Waals surface area contributed by atoms with Crippen LogP contribution >= 0.6 is 0 Å². The zero-order chi connectivity index (χ0) is 27.7.